The van der Waals surface area contributed by atoms with Crippen LogP contribution < -0.4 is 10.8 Å². The molecule has 5 heteroatoms. The molecular weight excluding hydrogens is 226 g/mol. The predicted octanol–water partition coefficient (Wildman–Crippen LogP) is 1.83. The molecule has 1 aliphatic heterocycles. The highest BCUT2D eigenvalue weighted by Gasteiger charge is 2.01. The zero-order chi connectivity index (χ0) is 11.2. The van der Waals surface area contributed by atoms with Crippen LogP contribution in [0.15, 0.2) is 41.2 Å². The summed E-state index contributed by atoms with van der Waals surface area (Å²) in [5.74, 6) is 0. The topological polar surface area (TPSA) is 45.6 Å². The lowest BCUT2D eigenvalue weighted by atomic mass is 10.2. The Labute approximate surface area is 98.9 Å². The monoisotopic (exact) mass is 237 g/mol. The van der Waals surface area contributed by atoms with E-state index in [-0.39, 0.29) is 0 Å². The summed E-state index contributed by atoms with van der Waals surface area (Å²) in [5.41, 5.74) is 4.66. The lowest BCUT2D eigenvalue weighted by Gasteiger charge is -2.12. The maximum atomic E-state index is 5.99. The Morgan fingerprint density at radius 3 is 3.06 bits per heavy atom. The number of hydrogen-bond acceptors (Lipinski definition) is 4. The SMILES string of the molecule is Clc1ccccc1CONC1=CNC=NC1. The van der Waals surface area contributed by atoms with Crippen LogP contribution in [0.25, 0.3) is 0 Å². The molecule has 84 valence electrons. The van der Waals surface area contributed by atoms with Crippen LogP contribution in [0.3, 0.4) is 0 Å². The van der Waals surface area contributed by atoms with Crippen molar-refractivity contribution < 1.29 is 4.84 Å². The summed E-state index contributed by atoms with van der Waals surface area (Å²) >= 11 is 5.99. The third-order valence-corrected chi connectivity index (χ3v) is 2.44. The summed E-state index contributed by atoms with van der Waals surface area (Å²) < 4.78 is 0. The molecule has 2 N–H and O–H groups in total. The van der Waals surface area contributed by atoms with E-state index in [0.29, 0.717) is 18.2 Å². The van der Waals surface area contributed by atoms with Crippen LogP contribution >= 0.6 is 11.6 Å². The molecule has 0 radical (unpaired) electrons. The fraction of sp³-hybridized carbons (Fsp3) is 0.182. The molecule has 16 heavy (non-hydrogen) atoms. The molecular formula is C11H12ClN3O. The fourth-order valence-corrected chi connectivity index (χ4v) is 1.45. The molecule has 0 unspecified atom stereocenters. The van der Waals surface area contributed by atoms with Crippen LogP contribution in [-0.2, 0) is 11.4 Å². The van der Waals surface area contributed by atoms with Crippen LogP contribution in [0.5, 0.6) is 0 Å². The zero-order valence-electron chi connectivity index (χ0n) is 8.61. The number of aliphatic imine (C=N–C) groups is 1. The molecule has 2 rings (SSSR count). The summed E-state index contributed by atoms with van der Waals surface area (Å²) in [6, 6.07) is 7.58. The number of nitrogens with zero attached hydrogens (tertiary/aromatic N) is 1. The Kier molecular flexibility index (Phi) is 3.80. The maximum absolute atomic E-state index is 5.99. The second kappa shape index (κ2) is 5.53. The molecule has 4 nitrogen and oxygen atoms in total. The second-order valence-electron chi connectivity index (χ2n) is 3.29. The Morgan fingerprint density at radius 1 is 1.44 bits per heavy atom. The van der Waals surface area contributed by atoms with Gasteiger partial charge in [-0.1, -0.05) is 29.8 Å². The Hall–Kier alpha value is -1.52. The molecule has 1 aromatic rings. The molecule has 1 heterocycles. The molecule has 1 aliphatic rings. The van der Waals surface area contributed by atoms with E-state index in [1.54, 1.807) is 12.5 Å². The van der Waals surface area contributed by atoms with E-state index in [9.17, 15) is 0 Å². The summed E-state index contributed by atoms with van der Waals surface area (Å²) in [6.07, 6.45) is 3.44. The van der Waals surface area contributed by atoms with E-state index in [1.807, 2.05) is 24.3 Å². The van der Waals surface area contributed by atoms with E-state index in [4.69, 9.17) is 16.4 Å². The molecule has 0 fully saturated rings. The third-order valence-electron chi connectivity index (χ3n) is 2.07. The number of hydroxylamine groups is 1. The third kappa shape index (κ3) is 2.98. The summed E-state index contributed by atoms with van der Waals surface area (Å²) in [6.45, 7) is 1.01. The number of rotatable bonds is 4. The maximum Gasteiger partial charge on any atom is 0.101 e. The molecule has 0 saturated carbocycles. The van der Waals surface area contributed by atoms with Gasteiger partial charge in [0, 0.05) is 11.2 Å². The standard InChI is InChI=1S/C11H12ClN3O/c12-11-4-2-1-3-9(11)7-16-15-10-5-13-8-14-6-10/h1-5,8,15H,6-7H2,(H,13,14). The van der Waals surface area contributed by atoms with Crippen molar-refractivity contribution in [3.63, 3.8) is 0 Å². The van der Waals surface area contributed by atoms with Gasteiger partial charge in [-0.25, -0.2) is 0 Å². The average molecular weight is 238 g/mol. The first-order valence-electron chi connectivity index (χ1n) is 4.91. The van der Waals surface area contributed by atoms with Gasteiger partial charge in [0.2, 0.25) is 0 Å². The summed E-state index contributed by atoms with van der Waals surface area (Å²) in [4.78, 5) is 9.35. The Bertz CT molecular complexity index is 417. The smallest absolute Gasteiger partial charge is 0.101 e. The van der Waals surface area contributed by atoms with Crippen molar-refractivity contribution >= 4 is 17.9 Å². The van der Waals surface area contributed by atoms with Crippen molar-refractivity contribution in [1.82, 2.24) is 10.8 Å². The van der Waals surface area contributed by atoms with Crippen molar-refractivity contribution in [2.24, 2.45) is 4.99 Å². The van der Waals surface area contributed by atoms with Crippen molar-refractivity contribution in [2.75, 3.05) is 6.54 Å². The van der Waals surface area contributed by atoms with Gasteiger partial charge < -0.3 is 5.32 Å². The molecule has 0 aliphatic carbocycles. The normalized spacial score (nSPS) is 14.2. The van der Waals surface area contributed by atoms with Gasteiger partial charge in [0.25, 0.3) is 0 Å². The van der Waals surface area contributed by atoms with Gasteiger partial charge >= 0.3 is 0 Å². The molecule has 0 amide bonds. The molecule has 0 saturated heterocycles. The quantitative estimate of drug-likeness (QED) is 0.786. The largest absolute Gasteiger partial charge is 0.351 e. The van der Waals surface area contributed by atoms with Crippen LogP contribution in [0.2, 0.25) is 5.02 Å². The van der Waals surface area contributed by atoms with Crippen molar-refractivity contribution in [3.05, 3.63) is 46.7 Å². The highest BCUT2D eigenvalue weighted by atomic mass is 35.5. The first kappa shape index (κ1) is 11.0. The minimum absolute atomic E-state index is 0.417. The van der Waals surface area contributed by atoms with Crippen molar-refractivity contribution in [1.29, 1.82) is 0 Å². The first-order chi connectivity index (χ1) is 7.86. The van der Waals surface area contributed by atoms with Crippen molar-refractivity contribution in [3.8, 4) is 0 Å². The van der Waals surface area contributed by atoms with Gasteiger partial charge in [0.1, 0.15) is 6.61 Å². The van der Waals surface area contributed by atoms with E-state index in [1.165, 1.54) is 0 Å². The second-order valence-corrected chi connectivity index (χ2v) is 3.70. The van der Waals surface area contributed by atoms with Gasteiger partial charge in [-0.2, -0.15) is 0 Å². The number of nitrogens with one attached hydrogen (secondary N) is 2. The molecule has 0 spiro atoms. The van der Waals surface area contributed by atoms with Gasteiger partial charge in [-0.15, -0.1) is 0 Å². The van der Waals surface area contributed by atoms with Gasteiger partial charge in [-0.3, -0.25) is 15.3 Å². The van der Waals surface area contributed by atoms with Gasteiger partial charge in [0.15, 0.2) is 0 Å². The van der Waals surface area contributed by atoms with Crippen LogP contribution in [-0.4, -0.2) is 12.9 Å². The average Bonchev–Trinajstić information content (AvgIpc) is 2.33. The lowest BCUT2D eigenvalue weighted by molar-refractivity contribution is 0.0481. The molecule has 0 bridgehead atoms. The highest BCUT2D eigenvalue weighted by molar-refractivity contribution is 6.31. The Morgan fingerprint density at radius 2 is 2.31 bits per heavy atom. The minimum Gasteiger partial charge on any atom is -0.351 e. The van der Waals surface area contributed by atoms with Crippen molar-refractivity contribution in [2.45, 2.75) is 6.61 Å². The predicted molar refractivity (Wildman–Crippen MR) is 64.0 cm³/mol. The minimum atomic E-state index is 0.417. The number of halogens is 1. The Balaban J connectivity index is 1.80. The zero-order valence-corrected chi connectivity index (χ0v) is 9.37. The first-order valence-corrected chi connectivity index (χ1v) is 5.28. The summed E-state index contributed by atoms with van der Waals surface area (Å²) in [5, 5.41) is 3.58. The summed E-state index contributed by atoms with van der Waals surface area (Å²) in [7, 11) is 0. The van der Waals surface area contributed by atoms with Gasteiger partial charge in [-0.05, 0) is 11.6 Å². The number of benzene rings is 1. The van der Waals surface area contributed by atoms with E-state index >= 15 is 0 Å². The van der Waals surface area contributed by atoms with Crippen LogP contribution in [0, 0.1) is 0 Å². The van der Waals surface area contributed by atoms with E-state index < -0.39 is 0 Å². The van der Waals surface area contributed by atoms with Crippen LogP contribution in [0.4, 0.5) is 0 Å². The van der Waals surface area contributed by atoms with E-state index in [2.05, 4.69) is 15.8 Å². The molecule has 0 aromatic heterocycles. The fourth-order valence-electron chi connectivity index (χ4n) is 1.26. The highest BCUT2D eigenvalue weighted by Crippen LogP contribution is 2.15. The molecule has 0 atom stereocenters. The number of hydrogen-bond donors (Lipinski definition) is 2. The van der Waals surface area contributed by atoms with Crippen LogP contribution in [0.1, 0.15) is 5.56 Å². The lowest BCUT2D eigenvalue weighted by Crippen LogP contribution is -2.22. The van der Waals surface area contributed by atoms with Gasteiger partial charge in [0.05, 0.1) is 18.6 Å². The van der Waals surface area contributed by atoms with E-state index in [0.717, 1.165) is 11.3 Å². The molecule has 1 aromatic carbocycles.